The number of anilines is 1. The van der Waals surface area contributed by atoms with Crippen LogP contribution in [0, 0.1) is 25.2 Å². The fourth-order valence-corrected chi connectivity index (χ4v) is 2.88. The Morgan fingerprint density at radius 1 is 1.41 bits per heavy atom. The lowest BCUT2D eigenvalue weighted by atomic mass is 10.1. The number of hydrogen-bond acceptors (Lipinski definition) is 6. The number of urea groups is 1. The average molecular weight is 392 g/mol. The van der Waals surface area contributed by atoms with Gasteiger partial charge < -0.3 is 19.5 Å². The number of aldehydes is 1. The first kappa shape index (κ1) is 19.8. The van der Waals surface area contributed by atoms with Crippen molar-refractivity contribution in [1.29, 1.82) is 5.26 Å². The summed E-state index contributed by atoms with van der Waals surface area (Å²) in [6.07, 6.45) is 3.89. The fourth-order valence-electron chi connectivity index (χ4n) is 2.88. The predicted octanol–water partition coefficient (Wildman–Crippen LogP) is 2.64. The molecule has 148 valence electrons. The monoisotopic (exact) mass is 392 g/mol. The highest BCUT2D eigenvalue weighted by Crippen LogP contribution is 2.16. The second-order valence-electron chi connectivity index (χ2n) is 6.52. The van der Waals surface area contributed by atoms with Crippen LogP contribution < -0.4 is 5.32 Å². The van der Waals surface area contributed by atoms with E-state index in [0.29, 0.717) is 24.1 Å². The molecule has 29 heavy (non-hydrogen) atoms. The minimum Gasteiger partial charge on any atom is -0.361 e. The molecule has 0 spiro atoms. The quantitative estimate of drug-likeness (QED) is 0.618. The van der Waals surface area contributed by atoms with Gasteiger partial charge in [-0.05, 0) is 31.5 Å². The molecule has 0 aliphatic carbocycles. The first-order valence-corrected chi connectivity index (χ1v) is 8.93. The van der Waals surface area contributed by atoms with E-state index >= 15 is 0 Å². The lowest BCUT2D eigenvalue weighted by molar-refractivity contribution is -0.108. The van der Waals surface area contributed by atoms with Crippen molar-refractivity contribution in [1.82, 2.24) is 19.8 Å². The summed E-state index contributed by atoms with van der Waals surface area (Å²) in [5, 5.41) is 19.9. The third kappa shape index (κ3) is 4.87. The Hall–Kier alpha value is -3.93. The molecule has 2 amide bonds. The summed E-state index contributed by atoms with van der Waals surface area (Å²) in [6, 6.07) is 8.53. The summed E-state index contributed by atoms with van der Waals surface area (Å²) >= 11 is 0. The molecule has 2 aromatic heterocycles. The van der Waals surface area contributed by atoms with Gasteiger partial charge in [-0.15, -0.1) is 0 Å². The number of amides is 2. The molecular weight excluding hydrogens is 372 g/mol. The van der Waals surface area contributed by atoms with Crippen LogP contribution >= 0.6 is 0 Å². The van der Waals surface area contributed by atoms with E-state index in [4.69, 9.17) is 9.78 Å². The Balaban J connectivity index is 1.67. The van der Waals surface area contributed by atoms with Gasteiger partial charge >= 0.3 is 6.03 Å². The number of aryl methyl sites for hydroxylation is 2. The molecule has 0 bridgehead atoms. The number of carbonyl (C=O) groups excluding carboxylic acids is 2. The van der Waals surface area contributed by atoms with E-state index in [0.717, 1.165) is 22.6 Å². The van der Waals surface area contributed by atoms with Crippen LogP contribution in [0.4, 0.5) is 10.5 Å². The summed E-state index contributed by atoms with van der Waals surface area (Å²) in [5.74, 6) is 0.723. The van der Waals surface area contributed by atoms with Gasteiger partial charge in [0.1, 0.15) is 12.0 Å². The topological polar surface area (TPSA) is 117 Å². The standard InChI is InChI=1S/C20H20N6O3/c1-14-19(15(2)29-24-14)13-26-12-18(10-22-26)23-20(28)25(6-7-27)11-17-5-3-4-16(8-17)9-21/h3-5,7-8,10,12H,6,11,13H2,1-2H3,(H,23,28). The summed E-state index contributed by atoms with van der Waals surface area (Å²) < 4.78 is 6.82. The molecule has 0 saturated heterocycles. The molecule has 0 atom stereocenters. The minimum atomic E-state index is -0.434. The van der Waals surface area contributed by atoms with Crippen LogP contribution in [0.5, 0.6) is 0 Å². The Bertz CT molecular complexity index is 1040. The number of rotatable bonds is 7. The number of nitriles is 1. The van der Waals surface area contributed by atoms with Crippen LogP contribution in [0.1, 0.15) is 28.1 Å². The maximum atomic E-state index is 12.6. The summed E-state index contributed by atoms with van der Waals surface area (Å²) in [5.41, 5.74) is 3.49. The first-order valence-electron chi connectivity index (χ1n) is 8.93. The van der Waals surface area contributed by atoms with Gasteiger partial charge in [-0.1, -0.05) is 17.3 Å². The van der Waals surface area contributed by atoms with Crippen molar-refractivity contribution in [3.63, 3.8) is 0 Å². The second kappa shape index (κ2) is 8.84. The van der Waals surface area contributed by atoms with Gasteiger partial charge in [-0.3, -0.25) is 4.68 Å². The second-order valence-corrected chi connectivity index (χ2v) is 6.52. The molecule has 9 nitrogen and oxygen atoms in total. The summed E-state index contributed by atoms with van der Waals surface area (Å²) in [4.78, 5) is 25.0. The van der Waals surface area contributed by atoms with Crippen molar-refractivity contribution < 1.29 is 14.1 Å². The number of carbonyl (C=O) groups is 2. The van der Waals surface area contributed by atoms with E-state index in [2.05, 4.69) is 21.6 Å². The van der Waals surface area contributed by atoms with Gasteiger partial charge in [0.2, 0.25) is 0 Å². The molecule has 0 aliphatic heterocycles. The normalized spacial score (nSPS) is 10.4. The SMILES string of the molecule is Cc1noc(C)c1Cn1cc(NC(=O)N(CC=O)Cc2cccc(C#N)c2)cn1. The lowest BCUT2D eigenvalue weighted by Crippen LogP contribution is -2.35. The molecule has 0 fully saturated rings. The zero-order chi connectivity index (χ0) is 20.8. The van der Waals surface area contributed by atoms with Crippen molar-refractivity contribution in [2.24, 2.45) is 0 Å². The Kier molecular flexibility index (Phi) is 6.04. The van der Waals surface area contributed by atoms with Crippen LogP contribution in [0.3, 0.4) is 0 Å². The molecular formula is C20H20N6O3. The van der Waals surface area contributed by atoms with Crippen molar-refractivity contribution in [3.8, 4) is 6.07 Å². The summed E-state index contributed by atoms with van der Waals surface area (Å²) in [7, 11) is 0. The highest BCUT2D eigenvalue weighted by molar-refractivity contribution is 5.90. The van der Waals surface area contributed by atoms with Crippen molar-refractivity contribution in [2.45, 2.75) is 26.9 Å². The maximum Gasteiger partial charge on any atom is 0.322 e. The van der Waals surface area contributed by atoms with E-state index in [1.807, 2.05) is 13.8 Å². The Morgan fingerprint density at radius 3 is 2.93 bits per heavy atom. The largest absolute Gasteiger partial charge is 0.361 e. The number of nitrogens with one attached hydrogen (secondary N) is 1. The highest BCUT2D eigenvalue weighted by atomic mass is 16.5. The lowest BCUT2D eigenvalue weighted by Gasteiger charge is -2.20. The Morgan fingerprint density at radius 2 is 2.24 bits per heavy atom. The van der Waals surface area contributed by atoms with Crippen LogP contribution in [0.25, 0.3) is 0 Å². The van der Waals surface area contributed by atoms with E-state index in [1.165, 1.54) is 11.1 Å². The van der Waals surface area contributed by atoms with Gasteiger partial charge in [0.15, 0.2) is 0 Å². The highest BCUT2D eigenvalue weighted by Gasteiger charge is 2.16. The van der Waals surface area contributed by atoms with Gasteiger partial charge in [0.25, 0.3) is 0 Å². The van der Waals surface area contributed by atoms with E-state index in [9.17, 15) is 9.59 Å². The number of nitrogens with zero attached hydrogens (tertiary/aromatic N) is 5. The van der Waals surface area contributed by atoms with Crippen LogP contribution in [-0.2, 0) is 17.9 Å². The van der Waals surface area contributed by atoms with E-state index in [-0.39, 0.29) is 13.1 Å². The van der Waals surface area contributed by atoms with Crippen molar-refractivity contribution >= 4 is 18.0 Å². The molecule has 1 aromatic carbocycles. The third-order valence-corrected chi connectivity index (χ3v) is 4.40. The van der Waals surface area contributed by atoms with Gasteiger partial charge in [0.05, 0.1) is 42.3 Å². The molecule has 3 rings (SSSR count). The Labute approximate surface area is 167 Å². The molecule has 2 heterocycles. The zero-order valence-corrected chi connectivity index (χ0v) is 16.1. The van der Waals surface area contributed by atoms with Crippen LogP contribution in [-0.4, -0.2) is 38.7 Å². The van der Waals surface area contributed by atoms with Crippen LogP contribution in [0.15, 0.2) is 41.2 Å². The molecule has 1 N–H and O–H groups in total. The van der Waals surface area contributed by atoms with Gasteiger partial charge in [-0.2, -0.15) is 10.4 Å². The molecule has 0 saturated carbocycles. The van der Waals surface area contributed by atoms with Gasteiger partial charge in [0, 0.05) is 18.3 Å². The number of aromatic nitrogens is 3. The van der Waals surface area contributed by atoms with Crippen molar-refractivity contribution in [3.05, 3.63) is 64.8 Å². The molecule has 0 aliphatic rings. The average Bonchev–Trinajstić information content (AvgIpc) is 3.29. The smallest absolute Gasteiger partial charge is 0.322 e. The third-order valence-electron chi connectivity index (χ3n) is 4.40. The fraction of sp³-hybridized carbons (Fsp3) is 0.250. The first-order chi connectivity index (χ1) is 14.0. The minimum absolute atomic E-state index is 0.0736. The number of hydrogen-bond donors (Lipinski definition) is 1. The summed E-state index contributed by atoms with van der Waals surface area (Å²) in [6.45, 7) is 4.29. The van der Waals surface area contributed by atoms with E-state index in [1.54, 1.807) is 35.1 Å². The number of benzene rings is 1. The zero-order valence-electron chi connectivity index (χ0n) is 16.1. The van der Waals surface area contributed by atoms with Crippen LogP contribution in [0.2, 0.25) is 0 Å². The molecule has 0 unspecified atom stereocenters. The maximum absolute atomic E-state index is 12.6. The molecule has 9 heteroatoms. The molecule has 0 radical (unpaired) electrons. The van der Waals surface area contributed by atoms with Gasteiger partial charge in [-0.25, -0.2) is 4.79 Å². The molecule has 3 aromatic rings. The van der Waals surface area contributed by atoms with Crippen molar-refractivity contribution in [2.75, 3.05) is 11.9 Å². The predicted molar refractivity (Wildman–Crippen MR) is 104 cm³/mol. The van der Waals surface area contributed by atoms with E-state index < -0.39 is 6.03 Å².